The number of aryl methyl sites for hydroxylation is 1. The quantitative estimate of drug-likeness (QED) is 0.824. The largest absolute Gasteiger partial charge is 0.512 e. The molecule has 0 saturated carbocycles. The van der Waals surface area contributed by atoms with Crippen LogP contribution in [0.1, 0.15) is 37.3 Å². The molecule has 0 radical (unpaired) electrons. The third kappa shape index (κ3) is 2.18. The van der Waals surface area contributed by atoms with Crippen molar-refractivity contribution in [1.29, 1.82) is 0 Å². The maximum absolute atomic E-state index is 11.9. The molecule has 17 heavy (non-hydrogen) atoms. The van der Waals surface area contributed by atoms with E-state index in [4.69, 9.17) is 0 Å². The summed E-state index contributed by atoms with van der Waals surface area (Å²) < 4.78 is 0. The standard InChI is InChI=1S/C14H16O3/c1-2-9-8-10(15)6-7-11(9)14-12(16)4-3-5-13(14)17/h6-8,15-16H,2-5H2,1H3. The number of carbonyl (C=O) groups excluding carboxylic acids is 1. The highest BCUT2D eigenvalue weighted by Gasteiger charge is 2.23. The number of phenols is 1. The average Bonchev–Trinajstić information content (AvgIpc) is 2.30. The summed E-state index contributed by atoms with van der Waals surface area (Å²) in [6.45, 7) is 1.96. The van der Waals surface area contributed by atoms with E-state index in [9.17, 15) is 15.0 Å². The molecule has 2 N–H and O–H groups in total. The predicted molar refractivity (Wildman–Crippen MR) is 65.9 cm³/mol. The van der Waals surface area contributed by atoms with E-state index in [1.807, 2.05) is 6.92 Å². The van der Waals surface area contributed by atoms with Crippen molar-refractivity contribution in [1.82, 2.24) is 0 Å². The topological polar surface area (TPSA) is 57.5 Å². The first-order chi connectivity index (χ1) is 8.13. The second-order valence-corrected chi connectivity index (χ2v) is 4.29. The second kappa shape index (κ2) is 4.62. The van der Waals surface area contributed by atoms with E-state index < -0.39 is 0 Å². The number of hydrogen-bond acceptors (Lipinski definition) is 3. The molecule has 0 heterocycles. The molecule has 0 aliphatic heterocycles. The van der Waals surface area contributed by atoms with Crippen molar-refractivity contribution in [3.8, 4) is 5.75 Å². The van der Waals surface area contributed by atoms with Crippen LogP contribution in [-0.2, 0) is 11.2 Å². The number of aliphatic hydroxyl groups is 1. The number of hydrogen-bond donors (Lipinski definition) is 2. The van der Waals surface area contributed by atoms with Gasteiger partial charge in [0.15, 0.2) is 5.78 Å². The predicted octanol–water partition coefficient (Wildman–Crippen LogP) is 2.98. The van der Waals surface area contributed by atoms with Crippen LogP contribution in [0.5, 0.6) is 5.75 Å². The number of aliphatic hydroxyl groups excluding tert-OH is 1. The summed E-state index contributed by atoms with van der Waals surface area (Å²) in [6, 6.07) is 4.91. The highest BCUT2D eigenvalue weighted by molar-refractivity contribution is 6.22. The molecule has 1 aromatic rings. The van der Waals surface area contributed by atoms with Crippen LogP contribution in [-0.4, -0.2) is 16.0 Å². The molecule has 0 saturated heterocycles. The summed E-state index contributed by atoms with van der Waals surface area (Å²) in [5.74, 6) is 0.365. The number of aromatic hydroxyl groups is 1. The summed E-state index contributed by atoms with van der Waals surface area (Å²) in [7, 11) is 0. The van der Waals surface area contributed by atoms with Crippen LogP contribution >= 0.6 is 0 Å². The van der Waals surface area contributed by atoms with Gasteiger partial charge in [-0.05, 0) is 36.1 Å². The van der Waals surface area contributed by atoms with Crippen molar-refractivity contribution in [2.24, 2.45) is 0 Å². The van der Waals surface area contributed by atoms with Gasteiger partial charge in [0, 0.05) is 12.8 Å². The van der Waals surface area contributed by atoms with Gasteiger partial charge in [-0.1, -0.05) is 13.0 Å². The van der Waals surface area contributed by atoms with Gasteiger partial charge in [0.05, 0.1) is 5.57 Å². The molecule has 1 aliphatic rings. The Balaban J connectivity index is 2.56. The van der Waals surface area contributed by atoms with Gasteiger partial charge < -0.3 is 10.2 Å². The van der Waals surface area contributed by atoms with Crippen LogP contribution in [0.3, 0.4) is 0 Å². The Hall–Kier alpha value is -1.77. The van der Waals surface area contributed by atoms with Crippen LogP contribution in [0, 0.1) is 0 Å². The molecule has 0 unspecified atom stereocenters. The lowest BCUT2D eigenvalue weighted by molar-refractivity contribution is -0.114. The molecule has 1 aromatic carbocycles. The molecule has 0 fully saturated rings. The number of phenolic OH excluding ortho intramolecular Hbond substituents is 1. The van der Waals surface area contributed by atoms with E-state index >= 15 is 0 Å². The summed E-state index contributed by atoms with van der Waals surface area (Å²) in [6.07, 6.45) is 2.48. The molecule has 0 amide bonds. The highest BCUT2D eigenvalue weighted by atomic mass is 16.3. The van der Waals surface area contributed by atoms with Crippen molar-refractivity contribution in [2.45, 2.75) is 32.6 Å². The van der Waals surface area contributed by atoms with E-state index in [-0.39, 0.29) is 17.3 Å². The van der Waals surface area contributed by atoms with E-state index in [0.717, 1.165) is 11.1 Å². The van der Waals surface area contributed by atoms with Crippen molar-refractivity contribution >= 4 is 11.4 Å². The van der Waals surface area contributed by atoms with Crippen molar-refractivity contribution < 1.29 is 15.0 Å². The SMILES string of the molecule is CCc1cc(O)ccc1C1=C(O)CCCC1=O. The lowest BCUT2D eigenvalue weighted by Gasteiger charge is -2.17. The van der Waals surface area contributed by atoms with Gasteiger partial charge in [0.1, 0.15) is 11.5 Å². The summed E-state index contributed by atoms with van der Waals surface area (Å²) in [5, 5.41) is 19.3. The van der Waals surface area contributed by atoms with Gasteiger partial charge in [-0.15, -0.1) is 0 Å². The van der Waals surface area contributed by atoms with Gasteiger partial charge >= 0.3 is 0 Å². The minimum absolute atomic E-state index is 0.00543. The fourth-order valence-electron chi connectivity index (χ4n) is 2.25. The highest BCUT2D eigenvalue weighted by Crippen LogP contribution is 2.32. The Morgan fingerprint density at radius 1 is 1.24 bits per heavy atom. The van der Waals surface area contributed by atoms with Gasteiger partial charge in [0.2, 0.25) is 0 Å². The van der Waals surface area contributed by atoms with E-state index in [0.29, 0.717) is 31.3 Å². The smallest absolute Gasteiger partial charge is 0.166 e. The van der Waals surface area contributed by atoms with Crippen LogP contribution in [0.15, 0.2) is 24.0 Å². The van der Waals surface area contributed by atoms with Crippen molar-refractivity contribution in [3.05, 3.63) is 35.1 Å². The third-order valence-electron chi connectivity index (χ3n) is 3.12. The maximum Gasteiger partial charge on any atom is 0.166 e. The Morgan fingerprint density at radius 3 is 2.65 bits per heavy atom. The summed E-state index contributed by atoms with van der Waals surface area (Å²) >= 11 is 0. The molecule has 2 rings (SSSR count). The van der Waals surface area contributed by atoms with E-state index in [2.05, 4.69) is 0 Å². The zero-order chi connectivity index (χ0) is 12.4. The normalized spacial score (nSPS) is 16.4. The molecule has 0 bridgehead atoms. The minimum atomic E-state index is -0.00543. The first-order valence-electron chi connectivity index (χ1n) is 5.91. The zero-order valence-corrected chi connectivity index (χ0v) is 9.86. The van der Waals surface area contributed by atoms with Gasteiger partial charge in [-0.3, -0.25) is 4.79 Å². The minimum Gasteiger partial charge on any atom is -0.512 e. The van der Waals surface area contributed by atoms with Crippen LogP contribution in [0.25, 0.3) is 5.57 Å². The third-order valence-corrected chi connectivity index (χ3v) is 3.12. The fourth-order valence-corrected chi connectivity index (χ4v) is 2.25. The Bertz CT molecular complexity index is 486. The van der Waals surface area contributed by atoms with Crippen LogP contribution < -0.4 is 0 Å². The van der Waals surface area contributed by atoms with Crippen molar-refractivity contribution in [3.63, 3.8) is 0 Å². The van der Waals surface area contributed by atoms with Gasteiger partial charge in [0.25, 0.3) is 0 Å². The molecule has 0 spiro atoms. The molecule has 0 atom stereocenters. The second-order valence-electron chi connectivity index (χ2n) is 4.29. The number of benzene rings is 1. The van der Waals surface area contributed by atoms with E-state index in [1.165, 1.54) is 0 Å². The monoisotopic (exact) mass is 232 g/mol. The van der Waals surface area contributed by atoms with Gasteiger partial charge in [-0.2, -0.15) is 0 Å². The lowest BCUT2D eigenvalue weighted by atomic mass is 9.88. The molecule has 0 aromatic heterocycles. The number of carbonyl (C=O) groups is 1. The molecule has 1 aliphatic carbocycles. The van der Waals surface area contributed by atoms with Gasteiger partial charge in [-0.25, -0.2) is 0 Å². The Labute approximate surface area is 100 Å². The van der Waals surface area contributed by atoms with Crippen LogP contribution in [0.2, 0.25) is 0 Å². The summed E-state index contributed by atoms with van der Waals surface area (Å²) in [5.41, 5.74) is 2.09. The Morgan fingerprint density at radius 2 is 2.00 bits per heavy atom. The Kier molecular flexibility index (Phi) is 3.18. The average molecular weight is 232 g/mol. The maximum atomic E-state index is 11.9. The van der Waals surface area contributed by atoms with Crippen molar-refractivity contribution in [2.75, 3.05) is 0 Å². The molecular weight excluding hydrogens is 216 g/mol. The molecule has 90 valence electrons. The number of allylic oxidation sites excluding steroid dienone is 2. The zero-order valence-electron chi connectivity index (χ0n) is 9.86. The first kappa shape index (κ1) is 11.7. The summed E-state index contributed by atoms with van der Waals surface area (Å²) in [4.78, 5) is 11.9. The molecule has 3 heteroatoms. The molecular formula is C14H16O3. The van der Waals surface area contributed by atoms with Crippen LogP contribution in [0.4, 0.5) is 0 Å². The number of Topliss-reactive ketones (excluding diaryl/α,β-unsaturated/α-hetero) is 1. The van der Waals surface area contributed by atoms with E-state index in [1.54, 1.807) is 18.2 Å². The molecule has 3 nitrogen and oxygen atoms in total. The first-order valence-corrected chi connectivity index (χ1v) is 5.91. The fraction of sp³-hybridized carbons (Fsp3) is 0.357. The number of ketones is 1. The number of rotatable bonds is 2. The lowest BCUT2D eigenvalue weighted by Crippen LogP contribution is -2.12.